The summed E-state index contributed by atoms with van der Waals surface area (Å²) < 4.78 is 25.8. The molecule has 0 atom stereocenters. The second-order valence-corrected chi connectivity index (χ2v) is 6.55. The Morgan fingerprint density at radius 2 is 1.68 bits per heavy atom. The fraction of sp³-hybridized carbons (Fsp3) is 0. The van der Waals surface area contributed by atoms with Gasteiger partial charge in [-0.05, 0) is 18.2 Å². The van der Waals surface area contributed by atoms with Crippen molar-refractivity contribution in [2.24, 2.45) is 0 Å². The van der Waals surface area contributed by atoms with Gasteiger partial charge in [0.15, 0.2) is 0 Å². The van der Waals surface area contributed by atoms with E-state index in [1.165, 1.54) is 18.3 Å². The molecule has 0 spiro atoms. The number of para-hydroxylation sites is 1. The molecule has 1 amide bonds. The smallest absolute Gasteiger partial charge is 0.267 e. The zero-order chi connectivity index (χ0) is 15.3. The second-order valence-electron chi connectivity index (χ2n) is 4.80. The topological polar surface area (TPSA) is 80.2 Å². The van der Waals surface area contributed by atoms with E-state index in [2.05, 4.69) is 9.97 Å². The maximum Gasteiger partial charge on any atom is 0.276 e. The predicted molar refractivity (Wildman–Crippen MR) is 80.0 cm³/mol. The van der Waals surface area contributed by atoms with Crippen molar-refractivity contribution >= 4 is 32.8 Å². The van der Waals surface area contributed by atoms with E-state index < -0.39 is 15.9 Å². The number of anilines is 1. The Kier molecular flexibility index (Phi) is 2.55. The summed E-state index contributed by atoms with van der Waals surface area (Å²) in [6.45, 7) is 0. The van der Waals surface area contributed by atoms with Gasteiger partial charge in [-0.1, -0.05) is 30.3 Å². The molecule has 0 aliphatic carbocycles. The highest BCUT2D eigenvalue weighted by Gasteiger charge is 2.43. The SMILES string of the molecule is O=C1c2ccccc2S(=O)(=O)N1c1ncc2ccccc2n1. The van der Waals surface area contributed by atoms with E-state index in [-0.39, 0.29) is 16.4 Å². The normalized spacial score (nSPS) is 16.0. The van der Waals surface area contributed by atoms with Crippen LogP contribution in [0.2, 0.25) is 0 Å². The van der Waals surface area contributed by atoms with Gasteiger partial charge in [0.2, 0.25) is 5.95 Å². The van der Waals surface area contributed by atoms with Crippen LogP contribution in [0.15, 0.2) is 59.6 Å². The van der Waals surface area contributed by atoms with Crippen LogP contribution in [-0.4, -0.2) is 24.3 Å². The van der Waals surface area contributed by atoms with E-state index in [9.17, 15) is 13.2 Å². The Balaban J connectivity index is 1.94. The molecule has 0 saturated carbocycles. The Hall–Kier alpha value is -2.80. The first-order valence-electron chi connectivity index (χ1n) is 6.49. The number of carbonyl (C=O) groups excluding carboxylic acids is 1. The maximum atomic E-state index is 12.6. The van der Waals surface area contributed by atoms with Crippen LogP contribution in [-0.2, 0) is 10.0 Å². The van der Waals surface area contributed by atoms with Gasteiger partial charge in [0.25, 0.3) is 15.9 Å². The van der Waals surface area contributed by atoms with Gasteiger partial charge in [0.05, 0.1) is 11.1 Å². The number of hydrogen-bond donors (Lipinski definition) is 0. The highest BCUT2D eigenvalue weighted by Crippen LogP contribution is 2.32. The first-order chi connectivity index (χ1) is 10.6. The monoisotopic (exact) mass is 311 g/mol. The largest absolute Gasteiger partial charge is 0.276 e. The van der Waals surface area contributed by atoms with Crippen LogP contribution >= 0.6 is 0 Å². The molecule has 1 aliphatic rings. The van der Waals surface area contributed by atoms with Crippen molar-refractivity contribution in [3.63, 3.8) is 0 Å². The summed E-state index contributed by atoms with van der Waals surface area (Å²) in [7, 11) is -3.96. The van der Waals surface area contributed by atoms with Gasteiger partial charge in [0.1, 0.15) is 4.90 Å². The van der Waals surface area contributed by atoms with Crippen LogP contribution in [0.1, 0.15) is 10.4 Å². The summed E-state index contributed by atoms with van der Waals surface area (Å²) >= 11 is 0. The van der Waals surface area contributed by atoms with Gasteiger partial charge in [-0.3, -0.25) is 4.79 Å². The molecule has 108 valence electrons. The van der Waals surface area contributed by atoms with Gasteiger partial charge in [0, 0.05) is 11.6 Å². The molecule has 1 aromatic heterocycles. The fourth-order valence-electron chi connectivity index (χ4n) is 2.44. The molecule has 0 radical (unpaired) electrons. The number of aromatic nitrogens is 2. The van der Waals surface area contributed by atoms with Crippen molar-refractivity contribution in [1.82, 2.24) is 9.97 Å². The van der Waals surface area contributed by atoms with Crippen molar-refractivity contribution in [2.75, 3.05) is 4.31 Å². The third-order valence-electron chi connectivity index (χ3n) is 3.48. The summed E-state index contributed by atoms with van der Waals surface area (Å²) in [4.78, 5) is 20.6. The van der Waals surface area contributed by atoms with Crippen LogP contribution in [0.25, 0.3) is 10.9 Å². The van der Waals surface area contributed by atoms with E-state index in [4.69, 9.17) is 0 Å². The fourth-order valence-corrected chi connectivity index (χ4v) is 3.94. The molecule has 2 aromatic carbocycles. The quantitative estimate of drug-likeness (QED) is 0.686. The maximum absolute atomic E-state index is 12.6. The molecule has 0 saturated heterocycles. The number of benzene rings is 2. The van der Waals surface area contributed by atoms with Crippen LogP contribution in [0.4, 0.5) is 5.95 Å². The molecule has 3 aromatic rings. The molecule has 2 heterocycles. The predicted octanol–water partition coefficient (Wildman–Crippen LogP) is 1.98. The molecule has 0 unspecified atom stereocenters. The Morgan fingerprint density at radius 3 is 2.50 bits per heavy atom. The summed E-state index contributed by atoms with van der Waals surface area (Å²) in [5.41, 5.74) is 0.714. The second kappa shape index (κ2) is 4.35. The molecular formula is C15H9N3O3S. The first-order valence-corrected chi connectivity index (χ1v) is 7.93. The lowest BCUT2D eigenvalue weighted by atomic mass is 10.2. The standard InChI is InChI=1S/C15H9N3O3S/c19-14-11-6-2-4-8-13(11)22(20,21)18(14)15-16-9-10-5-1-3-7-12(10)17-15/h1-9H. The number of hydrogen-bond acceptors (Lipinski definition) is 5. The van der Waals surface area contributed by atoms with Crippen LogP contribution in [0, 0.1) is 0 Å². The van der Waals surface area contributed by atoms with Crippen LogP contribution in [0.3, 0.4) is 0 Å². The van der Waals surface area contributed by atoms with Crippen molar-refractivity contribution in [3.8, 4) is 0 Å². The highest BCUT2D eigenvalue weighted by atomic mass is 32.2. The average Bonchev–Trinajstić information content (AvgIpc) is 2.74. The number of rotatable bonds is 1. The van der Waals surface area contributed by atoms with Gasteiger partial charge < -0.3 is 0 Å². The number of amides is 1. The molecule has 7 heteroatoms. The van der Waals surface area contributed by atoms with Crippen LogP contribution < -0.4 is 4.31 Å². The van der Waals surface area contributed by atoms with E-state index in [0.717, 1.165) is 5.39 Å². The third-order valence-corrected chi connectivity index (χ3v) is 5.20. The van der Waals surface area contributed by atoms with Gasteiger partial charge in [-0.2, -0.15) is 4.31 Å². The molecule has 1 aliphatic heterocycles. The van der Waals surface area contributed by atoms with Crippen molar-refractivity contribution in [2.45, 2.75) is 4.90 Å². The molecule has 22 heavy (non-hydrogen) atoms. The van der Waals surface area contributed by atoms with E-state index >= 15 is 0 Å². The number of nitrogens with zero attached hydrogens (tertiary/aromatic N) is 3. The lowest BCUT2D eigenvalue weighted by molar-refractivity contribution is 0.101. The molecule has 0 N–H and O–H groups in total. The number of fused-ring (bicyclic) bond motifs is 2. The summed E-state index contributed by atoms with van der Waals surface area (Å²) in [6.07, 6.45) is 1.50. The van der Waals surface area contributed by atoms with E-state index in [0.29, 0.717) is 9.82 Å². The van der Waals surface area contributed by atoms with E-state index in [1.54, 1.807) is 24.3 Å². The van der Waals surface area contributed by atoms with E-state index in [1.807, 2.05) is 12.1 Å². The first kappa shape index (κ1) is 12.9. The van der Waals surface area contributed by atoms with Crippen molar-refractivity contribution in [3.05, 3.63) is 60.3 Å². The van der Waals surface area contributed by atoms with Crippen LogP contribution in [0.5, 0.6) is 0 Å². The molecule has 4 rings (SSSR count). The zero-order valence-corrected chi connectivity index (χ0v) is 12.0. The Bertz CT molecular complexity index is 1030. The minimum atomic E-state index is -3.96. The molecule has 6 nitrogen and oxygen atoms in total. The minimum Gasteiger partial charge on any atom is -0.267 e. The number of carbonyl (C=O) groups is 1. The lowest BCUT2D eigenvalue weighted by Crippen LogP contribution is -2.31. The average molecular weight is 311 g/mol. The lowest BCUT2D eigenvalue weighted by Gasteiger charge is -2.12. The summed E-state index contributed by atoms with van der Waals surface area (Å²) in [5.74, 6) is -0.772. The molecule has 0 bridgehead atoms. The minimum absolute atomic E-state index is 0.0169. The van der Waals surface area contributed by atoms with Gasteiger partial charge >= 0.3 is 0 Å². The Labute approximate surface area is 126 Å². The third kappa shape index (κ3) is 1.66. The van der Waals surface area contributed by atoms with Crippen molar-refractivity contribution < 1.29 is 13.2 Å². The molecular weight excluding hydrogens is 302 g/mol. The summed E-state index contributed by atoms with van der Waals surface area (Å²) in [5, 5.41) is 0.771. The van der Waals surface area contributed by atoms with Crippen molar-refractivity contribution in [1.29, 1.82) is 0 Å². The summed E-state index contributed by atoms with van der Waals surface area (Å²) in [6, 6.07) is 13.3. The Morgan fingerprint density at radius 1 is 0.955 bits per heavy atom. The van der Waals surface area contributed by atoms with Gasteiger partial charge in [-0.25, -0.2) is 18.4 Å². The zero-order valence-electron chi connectivity index (χ0n) is 11.2. The number of sulfonamides is 1. The highest BCUT2D eigenvalue weighted by molar-refractivity contribution is 7.94. The van der Waals surface area contributed by atoms with Gasteiger partial charge in [-0.15, -0.1) is 0 Å². The molecule has 0 fully saturated rings.